The first-order valence-corrected chi connectivity index (χ1v) is 8.47. The highest BCUT2D eigenvalue weighted by Gasteiger charge is 2.31. The first-order chi connectivity index (χ1) is 8.83. The lowest BCUT2D eigenvalue weighted by Gasteiger charge is -2.31. The van der Waals surface area contributed by atoms with Crippen LogP contribution >= 0.6 is 0 Å². The Morgan fingerprint density at radius 2 is 2.00 bits per heavy atom. The van der Waals surface area contributed by atoms with Crippen molar-refractivity contribution in [1.29, 1.82) is 0 Å². The zero-order valence-electron chi connectivity index (χ0n) is 12.3. The van der Waals surface area contributed by atoms with Crippen molar-refractivity contribution in [2.75, 3.05) is 31.1 Å². The van der Waals surface area contributed by atoms with Gasteiger partial charge < -0.3 is 16.0 Å². The van der Waals surface area contributed by atoms with Crippen molar-refractivity contribution in [3.63, 3.8) is 0 Å². The van der Waals surface area contributed by atoms with Crippen molar-refractivity contribution in [3.05, 3.63) is 0 Å². The molecule has 1 amide bonds. The van der Waals surface area contributed by atoms with E-state index in [1.54, 1.807) is 0 Å². The SMILES string of the molecule is CC(C)NC(C)(CCCN1CCS(=O)CC1)C(N)=O. The standard InChI is InChI=1S/C13H27N3O2S/c1-11(2)15-13(3,12(14)17)5-4-6-16-7-9-19(18)10-8-16/h11,15H,4-10H2,1-3H3,(H2,14,17). The van der Waals surface area contributed by atoms with E-state index in [-0.39, 0.29) is 11.9 Å². The molecule has 1 rings (SSSR count). The van der Waals surface area contributed by atoms with E-state index in [0.717, 1.165) is 44.0 Å². The number of amides is 1. The average molecular weight is 289 g/mol. The maximum atomic E-state index is 11.6. The van der Waals surface area contributed by atoms with Gasteiger partial charge in [-0.1, -0.05) is 0 Å². The van der Waals surface area contributed by atoms with Crippen molar-refractivity contribution in [3.8, 4) is 0 Å². The Labute approximate surface area is 118 Å². The van der Waals surface area contributed by atoms with Gasteiger partial charge in [0, 0.05) is 41.4 Å². The van der Waals surface area contributed by atoms with E-state index in [4.69, 9.17) is 5.73 Å². The van der Waals surface area contributed by atoms with Crippen molar-refractivity contribution in [2.24, 2.45) is 5.73 Å². The molecular weight excluding hydrogens is 262 g/mol. The smallest absolute Gasteiger partial charge is 0.237 e. The molecule has 1 aliphatic heterocycles. The normalized spacial score (nSPS) is 21.5. The highest BCUT2D eigenvalue weighted by atomic mass is 32.2. The molecule has 0 aromatic heterocycles. The minimum atomic E-state index is -0.632. The molecule has 1 atom stereocenters. The molecule has 19 heavy (non-hydrogen) atoms. The van der Waals surface area contributed by atoms with E-state index in [9.17, 15) is 9.00 Å². The number of rotatable bonds is 7. The Morgan fingerprint density at radius 3 is 2.47 bits per heavy atom. The van der Waals surface area contributed by atoms with Gasteiger partial charge in [-0.05, 0) is 40.2 Å². The molecule has 0 radical (unpaired) electrons. The maximum absolute atomic E-state index is 11.6. The molecule has 0 aromatic rings. The number of nitrogens with two attached hydrogens (primary N) is 1. The highest BCUT2D eigenvalue weighted by molar-refractivity contribution is 7.85. The number of carbonyl (C=O) groups is 1. The molecule has 0 bridgehead atoms. The molecule has 6 heteroatoms. The van der Waals surface area contributed by atoms with Gasteiger partial charge in [0.05, 0.1) is 5.54 Å². The summed E-state index contributed by atoms with van der Waals surface area (Å²) in [6.45, 7) is 8.65. The third-order valence-corrected chi connectivity index (χ3v) is 4.85. The summed E-state index contributed by atoms with van der Waals surface area (Å²) in [6, 6.07) is 0.231. The van der Waals surface area contributed by atoms with Crippen LogP contribution in [0.25, 0.3) is 0 Å². The van der Waals surface area contributed by atoms with Crippen LogP contribution in [0.3, 0.4) is 0 Å². The molecule has 3 N–H and O–H groups in total. The van der Waals surface area contributed by atoms with E-state index >= 15 is 0 Å². The molecule has 0 saturated carbocycles. The van der Waals surface area contributed by atoms with Crippen molar-refractivity contribution in [1.82, 2.24) is 10.2 Å². The van der Waals surface area contributed by atoms with E-state index in [0.29, 0.717) is 0 Å². The Bertz CT molecular complexity index is 326. The molecule has 1 aliphatic rings. The summed E-state index contributed by atoms with van der Waals surface area (Å²) >= 11 is 0. The van der Waals surface area contributed by atoms with Gasteiger partial charge >= 0.3 is 0 Å². The molecule has 1 fully saturated rings. The molecule has 1 saturated heterocycles. The van der Waals surface area contributed by atoms with E-state index in [1.807, 2.05) is 20.8 Å². The molecule has 1 heterocycles. The fourth-order valence-corrected chi connectivity index (χ4v) is 3.59. The monoisotopic (exact) mass is 289 g/mol. The average Bonchev–Trinajstić information content (AvgIpc) is 2.30. The lowest BCUT2D eigenvalue weighted by molar-refractivity contribution is -0.124. The van der Waals surface area contributed by atoms with Crippen LogP contribution in [0.15, 0.2) is 0 Å². The zero-order valence-corrected chi connectivity index (χ0v) is 13.1. The van der Waals surface area contributed by atoms with Gasteiger partial charge in [0.1, 0.15) is 0 Å². The number of nitrogens with one attached hydrogen (secondary N) is 1. The van der Waals surface area contributed by atoms with Crippen molar-refractivity contribution < 1.29 is 9.00 Å². The van der Waals surface area contributed by atoms with Crippen LogP contribution in [-0.2, 0) is 15.6 Å². The van der Waals surface area contributed by atoms with E-state index < -0.39 is 16.3 Å². The Kier molecular flexibility index (Phi) is 6.42. The van der Waals surface area contributed by atoms with Crippen LogP contribution in [0, 0.1) is 0 Å². The van der Waals surface area contributed by atoms with Gasteiger partial charge in [-0.3, -0.25) is 9.00 Å². The van der Waals surface area contributed by atoms with Crippen LogP contribution in [0.2, 0.25) is 0 Å². The lowest BCUT2D eigenvalue weighted by atomic mass is 9.93. The van der Waals surface area contributed by atoms with E-state index in [1.165, 1.54) is 0 Å². The molecule has 0 spiro atoms. The topological polar surface area (TPSA) is 75.4 Å². The van der Waals surface area contributed by atoms with Crippen LogP contribution in [-0.4, -0.2) is 57.7 Å². The number of hydrogen-bond donors (Lipinski definition) is 2. The molecule has 112 valence electrons. The van der Waals surface area contributed by atoms with Gasteiger partial charge in [-0.2, -0.15) is 0 Å². The molecule has 1 unspecified atom stereocenters. The number of carbonyl (C=O) groups excluding carboxylic acids is 1. The third-order valence-electron chi connectivity index (χ3n) is 3.57. The Hall–Kier alpha value is -0.460. The van der Waals surface area contributed by atoms with Crippen LogP contribution in [0.4, 0.5) is 0 Å². The molecule has 0 aliphatic carbocycles. The summed E-state index contributed by atoms with van der Waals surface area (Å²) in [5.41, 5.74) is 4.87. The number of primary amides is 1. The largest absolute Gasteiger partial charge is 0.368 e. The maximum Gasteiger partial charge on any atom is 0.237 e. The Balaban J connectivity index is 2.36. The fraction of sp³-hybridized carbons (Fsp3) is 0.923. The van der Waals surface area contributed by atoms with Gasteiger partial charge in [0.15, 0.2) is 0 Å². The minimum absolute atomic E-state index is 0.231. The van der Waals surface area contributed by atoms with Gasteiger partial charge in [-0.15, -0.1) is 0 Å². The third kappa shape index (κ3) is 5.58. The Morgan fingerprint density at radius 1 is 1.42 bits per heavy atom. The second-order valence-electron chi connectivity index (χ2n) is 5.79. The summed E-state index contributed by atoms with van der Waals surface area (Å²) in [7, 11) is -0.627. The van der Waals surface area contributed by atoms with Gasteiger partial charge in [0.2, 0.25) is 5.91 Å². The predicted octanol–water partition coefficient (Wildman–Crippen LogP) is 0.0729. The molecular formula is C13H27N3O2S. The van der Waals surface area contributed by atoms with Crippen molar-refractivity contribution >= 4 is 16.7 Å². The van der Waals surface area contributed by atoms with Gasteiger partial charge in [-0.25, -0.2) is 0 Å². The quantitative estimate of drug-likeness (QED) is 0.695. The summed E-state index contributed by atoms with van der Waals surface area (Å²) in [6.07, 6.45) is 1.66. The number of hydrogen-bond acceptors (Lipinski definition) is 4. The second kappa shape index (κ2) is 7.36. The molecule has 5 nitrogen and oxygen atoms in total. The summed E-state index contributed by atoms with van der Waals surface area (Å²) in [4.78, 5) is 13.9. The first kappa shape index (κ1) is 16.6. The van der Waals surface area contributed by atoms with Crippen LogP contribution < -0.4 is 11.1 Å². The summed E-state index contributed by atoms with van der Waals surface area (Å²) in [5, 5.41) is 3.26. The van der Waals surface area contributed by atoms with Crippen LogP contribution in [0.5, 0.6) is 0 Å². The summed E-state index contributed by atoms with van der Waals surface area (Å²) < 4.78 is 11.3. The predicted molar refractivity (Wildman–Crippen MR) is 79.4 cm³/mol. The summed E-state index contributed by atoms with van der Waals surface area (Å²) in [5.74, 6) is 1.26. The first-order valence-electron chi connectivity index (χ1n) is 6.98. The lowest BCUT2D eigenvalue weighted by Crippen LogP contribution is -2.55. The van der Waals surface area contributed by atoms with Crippen molar-refractivity contribution in [2.45, 2.75) is 45.2 Å². The minimum Gasteiger partial charge on any atom is -0.368 e. The second-order valence-corrected chi connectivity index (χ2v) is 7.48. The number of nitrogens with zero attached hydrogens (tertiary/aromatic N) is 1. The van der Waals surface area contributed by atoms with E-state index in [2.05, 4.69) is 10.2 Å². The highest BCUT2D eigenvalue weighted by Crippen LogP contribution is 2.14. The fourth-order valence-electron chi connectivity index (χ4n) is 2.46. The molecule has 0 aromatic carbocycles. The van der Waals surface area contributed by atoms with Crippen LogP contribution in [0.1, 0.15) is 33.6 Å². The van der Waals surface area contributed by atoms with Gasteiger partial charge in [0.25, 0.3) is 0 Å². The zero-order chi connectivity index (χ0) is 14.5.